The predicted molar refractivity (Wildman–Crippen MR) is 261 cm³/mol. The lowest BCUT2D eigenvalue weighted by molar-refractivity contribution is -0.161. The first kappa shape index (κ1) is 56.4. The molecule has 3 aromatic carbocycles. The molecule has 0 N–H and O–H groups in total. The Hall–Kier alpha value is -6.96. The molecule has 3 rings (SSSR count). The van der Waals surface area contributed by atoms with Crippen molar-refractivity contribution in [1.82, 2.24) is 0 Å². The van der Waals surface area contributed by atoms with Crippen LogP contribution in [0.25, 0.3) is 11.1 Å². The molecule has 0 saturated carbocycles. The molecule has 0 heterocycles. The van der Waals surface area contributed by atoms with Crippen molar-refractivity contribution in [1.29, 1.82) is 0 Å². The first-order valence-electron chi connectivity index (χ1n) is 23.0. The second-order valence-corrected chi connectivity index (χ2v) is 17.0. The fourth-order valence-electron chi connectivity index (χ4n) is 6.57. The van der Waals surface area contributed by atoms with Crippen molar-refractivity contribution in [2.75, 3.05) is 47.3 Å². The van der Waals surface area contributed by atoms with E-state index in [4.69, 9.17) is 28.4 Å². The van der Waals surface area contributed by atoms with Gasteiger partial charge in [0, 0.05) is 22.3 Å². The van der Waals surface area contributed by atoms with Crippen LogP contribution >= 0.6 is 0 Å². The Labute approximate surface area is 406 Å². The number of unbranched alkanes of at least 4 members (excludes halogenated alkanes) is 5. The molecule has 69 heavy (non-hydrogen) atoms. The molecular weight excluding hydrogens is 885 g/mol. The van der Waals surface area contributed by atoms with Crippen molar-refractivity contribution >= 4 is 35.8 Å². The molecule has 0 amide bonds. The summed E-state index contributed by atoms with van der Waals surface area (Å²) in [5.74, 6) is -3.67. The minimum atomic E-state index is -1.61. The Kier molecular flexibility index (Phi) is 24.3. The summed E-state index contributed by atoms with van der Waals surface area (Å²) >= 11 is 0. The maximum atomic E-state index is 13.1. The lowest BCUT2D eigenvalue weighted by Crippen LogP contribution is -2.44. The van der Waals surface area contributed by atoms with Gasteiger partial charge >= 0.3 is 35.8 Å². The highest BCUT2D eigenvalue weighted by Gasteiger charge is 2.38. The molecule has 0 saturated heterocycles. The van der Waals surface area contributed by atoms with Gasteiger partial charge in [0.15, 0.2) is 0 Å². The topological polar surface area (TPSA) is 176 Å². The summed E-state index contributed by atoms with van der Waals surface area (Å²) in [6.07, 6.45) is 8.50. The molecule has 0 spiro atoms. The highest BCUT2D eigenvalue weighted by atomic mass is 16.6. The summed E-state index contributed by atoms with van der Waals surface area (Å²) in [5.41, 5.74) is 3.06. The minimum Gasteiger partial charge on any atom is -0.492 e. The molecule has 0 aliphatic rings. The van der Waals surface area contributed by atoms with Crippen molar-refractivity contribution in [3.8, 4) is 22.6 Å². The van der Waals surface area contributed by atoms with Gasteiger partial charge in [-0.05, 0) is 91.6 Å². The van der Waals surface area contributed by atoms with Crippen LogP contribution in [0.2, 0.25) is 0 Å². The quantitative estimate of drug-likeness (QED) is 0.0250. The van der Waals surface area contributed by atoms with Crippen LogP contribution < -0.4 is 9.47 Å². The van der Waals surface area contributed by atoms with Crippen molar-refractivity contribution in [2.24, 2.45) is 5.41 Å². The van der Waals surface area contributed by atoms with E-state index in [2.05, 4.69) is 67.0 Å². The number of aryl methyl sites for hydroxylation is 2. The van der Waals surface area contributed by atoms with E-state index in [0.29, 0.717) is 36.5 Å². The maximum absolute atomic E-state index is 13.1. The van der Waals surface area contributed by atoms with Gasteiger partial charge in [0.2, 0.25) is 0 Å². The molecule has 372 valence electrons. The van der Waals surface area contributed by atoms with Gasteiger partial charge in [0.25, 0.3) is 0 Å². The van der Waals surface area contributed by atoms with Crippen molar-refractivity contribution in [2.45, 2.75) is 98.0 Å². The highest BCUT2D eigenvalue weighted by Crippen LogP contribution is 2.32. The number of carbonyl (C=O) groups excluding carboxylic acids is 6. The number of rotatable bonds is 32. The van der Waals surface area contributed by atoms with E-state index in [1.807, 2.05) is 36.4 Å². The molecule has 0 radical (unpaired) electrons. The van der Waals surface area contributed by atoms with Crippen LogP contribution in [0.5, 0.6) is 11.5 Å². The second kappa shape index (κ2) is 29.7. The van der Waals surface area contributed by atoms with Gasteiger partial charge in [-0.15, -0.1) is 0 Å². The van der Waals surface area contributed by atoms with Gasteiger partial charge in [-0.25, -0.2) is 19.2 Å². The molecule has 14 nitrogen and oxygen atoms in total. The zero-order chi connectivity index (χ0) is 50.8. The third-order valence-electron chi connectivity index (χ3n) is 10.8. The fraction of sp³-hybridized carbons (Fsp3) is 0.418. The van der Waals surface area contributed by atoms with Crippen LogP contribution in [0.3, 0.4) is 0 Å². The number of hydrogen-bond donors (Lipinski definition) is 0. The van der Waals surface area contributed by atoms with E-state index >= 15 is 0 Å². The lowest BCUT2D eigenvalue weighted by atomic mass is 9.91. The third-order valence-corrected chi connectivity index (χ3v) is 10.8. The van der Waals surface area contributed by atoms with Crippen molar-refractivity contribution in [3.05, 3.63) is 132 Å². The molecule has 14 heteroatoms. The van der Waals surface area contributed by atoms with Gasteiger partial charge in [0.1, 0.15) is 49.9 Å². The zero-order valence-electron chi connectivity index (χ0n) is 40.9. The lowest BCUT2D eigenvalue weighted by Gasteiger charge is -2.32. The van der Waals surface area contributed by atoms with E-state index in [1.165, 1.54) is 51.0 Å². The predicted octanol–water partition coefficient (Wildman–Crippen LogP) is 9.70. The average molecular weight is 953 g/mol. The van der Waals surface area contributed by atoms with Crippen LogP contribution in [0.1, 0.15) is 95.2 Å². The third kappa shape index (κ3) is 20.4. The normalized spacial score (nSPS) is 10.8. The van der Waals surface area contributed by atoms with Crippen LogP contribution in [-0.4, -0.2) is 83.1 Å². The molecule has 0 fully saturated rings. The van der Waals surface area contributed by atoms with Gasteiger partial charge < -0.3 is 37.9 Å². The second-order valence-electron chi connectivity index (χ2n) is 17.0. The molecule has 0 unspecified atom stereocenters. The van der Waals surface area contributed by atoms with Crippen LogP contribution in [0.15, 0.2) is 115 Å². The van der Waals surface area contributed by atoms with E-state index in [9.17, 15) is 28.8 Å². The molecule has 0 aliphatic carbocycles. The Morgan fingerprint density at radius 1 is 0.522 bits per heavy atom. The number of hydrogen-bond acceptors (Lipinski definition) is 14. The summed E-state index contributed by atoms with van der Waals surface area (Å²) in [4.78, 5) is 75.0. The number of methoxy groups -OCH3 is 2. The zero-order valence-corrected chi connectivity index (χ0v) is 40.9. The van der Waals surface area contributed by atoms with Crippen molar-refractivity contribution < 1.29 is 66.7 Å². The van der Waals surface area contributed by atoms with Gasteiger partial charge in [-0.2, -0.15) is 0 Å². The number of esters is 6. The van der Waals surface area contributed by atoms with Gasteiger partial charge in [-0.3, -0.25) is 9.59 Å². The van der Waals surface area contributed by atoms with Crippen molar-refractivity contribution in [3.63, 3.8) is 0 Å². The minimum absolute atomic E-state index is 0.0603. The SMILES string of the molecule is C=C(C)C(=O)OCCCc1cc(-c2ccc(OCc3ccc(CCCCCCCC)cc3)cc2)ccc1OCC(COC(=O)C(=C)C)(COC(=O)C(=C)CC(=O)OC)COC(=O)C(=C)CC(=O)OC. The largest absolute Gasteiger partial charge is 0.492 e. The molecule has 0 bridgehead atoms. The monoisotopic (exact) mass is 952 g/mol. The van der Waals surface area contributed by atoms with Crippen LogP contribution in [0, 0.1) is 5.41 Å². The summed E-state index contributed by atoms with van der Waals surface area (Å²) in [7, 11) is 2.31. The van der Waals surface area contributed by atoms with E-state index in [0.717, 1.165) is 37.3 Å². The van der Waals surface area contributed by atoms with Gasteiger partial charge in [-0.1, -0.05) is 108 Å². The Balaban J connectivity index is 1.91. The van der Waals surface area contributed by atoms with E-state index in [-0.39, 0.29) is 35.5 Å². The fourth-order valence-corrected chi connectivity index (χ4v) is 6.57. The summed E-state index contributed by atoms with van der Waals surface area (Å²) < 4.78 is 44.0. The summed E-state index contributed by atoms with van der Waals surface area (Å²) in [6.45, 7) is 18.2. The van der Waals surface area contributed by atoms with E-state index in [1.54, 1.807) is 13.0 Å². The van der Waals surface area contributed by atoms with Crippen LogP contribution in [0.4, 0.5) is 0 Å². The Morgan fingerprint density at radius 2 is 1.03 bits per heavy atom. The highest BCUT2D eigenvalue weighted by molar-refractivity contribution is 5.94. The number of benzene rings is 3. The molecular formula is C55H68O14. The Morgan fingerprint density at radius 3 is 1.58 bits per heavy atom. The smallest absolute Gasteiger partial charge is 0.334 e. The first-order valence-corrected chi connectivity index (χ1v) is 23.0. The molecule has 0 atom stereocenters. The van der Waals surface area contributed by atoms with E-state index < -0.39 is 73.9 Å². The number of carbonyl (C=O) groups is 6. The number of ether oxygens (including phenoxy) is 8. The molecule has 3 aromatic rings. The Bertz CT molecular complexity index is 2210. The average Bonchev–Trinajstić information content (AvgIpc) is 3.35. The first-order chi connectivity index (χ1) is 33.0. The standard InChI is InChI=1S/C55H68O14/c1-10-11-12-13-14-15-17-42-19-21-43(22-20-42)33-65-47-26-23-44(24-27-47)45-25-28-48(46(32-45)18-16-29-64-51(58)38(2)3)66-34-55(35-67-52(59)39(4)5,36-68-53(60)40(6)30-49(56)62-8)37-69-54(61)41(7)31-50(57)63-9/h19-28,32H,2,4,6-7,10-18,29-31,33-37H2,1,3,5,8-9H3. The molecule has 0 aromatic heterocycles. The van der Waals surface area contributed by atoms with Crippen LogP contribution in [-0.2, 0) is 76.6 Å². The summed E-state index contributed by atoms with van der Waals surface area (Å²) in [5, 5.41) is 0. The summed E-state index contributed by atoms with van der Waals surface area (Å²) in [6, 6.07) is 21.8. The van der Waals surface area contributed by atoms with Gasteiger partial charge in [0.05, 0.1) is 33.7 Å². The molecule has 0 aliphatic heterocycles. The maximum Gasteiger partial charge on any atom is 0.334 e.